The molecule has 48 valence electrons. The van der Waals surface area contributed by atoms with Gasteiger partial charge in [-0.25, -0.2) is 0 Å². The van der Waals surface area contributed by atoms with Crippen LogP contribution >= 0.6 is 0 Å². The zero-order chi connectivity index (χ0) is 6.41. The number of hydrogen-bond donors (Lipinski definition) is 0. The molecule has 8 heavy (non-hydrogen) atoms. The standard InChI is InChI=1S/C2H10O3Si3/c1-6-4-8(3)5-7-2/h6-7H2,1-2H3. The molecule has 0 aliphatic rings. The van der Waals surface area contributed by atoms with Crippen molar-refractivity contribution < 1.29 is 12.7 Å². The molecule has 0 saturated heterocycles. The van der Waals surface area contributed by atoms with Crippen LogP contribution in [0.2, 0.25) is 13.1 Å². The third-order valence-electron chi connectivity index (χ3n) is 0.524. The molecule has 0 aliphatic carbocycles. The molecule has 0 amide bonds. The highest BCUT2D eigenvalue weighted by Gasteiger charge is 2.04. The van der Waals surface area contributed by atoms with Gasteiger partial charge in [-0.3, -0.25) is 4.46 Å². The fourth-order valence-corrected chi connectivity index (χ4v) is 3.25. The summed E-state index contributed by atoms with van der Waals surface area (Å²) >= 11 is 0. The Morgan fingerprint density at radius 3 is 1.88 bits per heavy atom. The van der Waals surface area contributed by atoms with Gasteiger partial charge >= 0.3 is 9.17 Å². The molecular weight excluding hydrogens is 156 g/mol. The van der Waals surface area contributed by atoms with Crippen LogP contribution in [-0.2, 0) is 12.7 Å². The van der Waals surface area contributed by atoms with E-state index in [4.69, 9.17) is 8.23 Å². The first-order valence-corrected chi connectivity index (χ1v) is 7.81. The van der Waals surface area contributed by atoms with Crippen LogP contribution in [0.5, 0.6) is 0 Å². The van der Waals surface area contributed by atoms with E-state index in [0.29, 0.717) is 0 Å². The molecule has 0 bridgehead atoms. The van der Waals surface area contributed by atoms with Gasteiger partial charge in [0.1, 0.15) is 0 Å². The van der Waals surface area contributed by atoms with Gasteiger partial charge in [0.2, 0.25) is 19.5 Å². The lowest BCUT2D eigenvalue weighted by molar-refractivity contribution is 0.365. The first-order valence-electron chi connectivity index (χ1n) is 2.60. The fraction of sp³-hybridized carbons (Fsp3) is 1.00. The van der Waals surface area contributed by atoms with E-state index in [9.17, 15) is 4.46 Å². The van der Waals surface area contributed by atoms with Crippen molar-refractivity contribution >= 4 is 28.7 Å². The summed E-state index contributed by atoms with van der Waals surface area (Å²) in [5.74, 6) is 0. The van der Waals surface area contributed by atoms with Crippen LogP contribution in [0.25, 0.3) is 0 Å². The van der Waals surface area contributed by atoms with Gasteiger partial charge in [0.15, 0.2) is 0 Å². The Balaban J connectivity index is 3.06. The second kappa shape index (κ2) is 5.19. The van der Waals surface area contributed by atoms with Crippen molar-refractivity contribution in [3.8, 4) is 0 Å². The van der Waals surface area contributed by atoms with Gasteiger partial charge in [-0.2, -0.15) is 0 Å². The molecule has 3 nitrogen and oxygen atoms in total. The zero-order valence-corrected chi connectivity index (χ0v) is 8.97. The molecule has 6 heteroatoms. The summed E-state index contributed by atoms with van der Waals surface area (Å²) in [6.45, 7) is 3.87. The predicted molar refractivity (Wildman–Crippen MR) is 37.4 cm³/mol. The monoisotopic (exact) mass is 166 g/mol. The van der Waals surface area contributed by atoms with Gasteiger partial charge in [0, 0.05) is 0 Å². The lowest BCUT2D eigenvalue weighted by Gasteiger charge is -1.98. The first-order chi connectivity index (χ1) is 3.81. The van der Waals surface area contributed by atoms with E-state index in [1.165, 1.54) is 0 Å². The maximum atomic E-state index is 10.5. The molecule has 0 spiro atoms. The molecule has 0 atom stereocenters. The van der Waals surface area contributed by atoms with Gasteiger partial charge < -0.3 is 8.23 Å². The van der Waals surface area contributed by atoms with Crippen LogP contribution in [-0.4, -0.2) is 28.7 Å². The molecule has 0 rings (SSSR count). The lowest BCUT2D eigenvalue weighted by Crippen LogP contribution is -2.14. The molecule has 0 aromatic carbocycles. The Labute approximate surface area is 55.2 Å². The molecular formula is C2H10O3Si3. The third-order valence-corrected chi connectivity index (χ3v) is 4.72. The van der Waals surface area contributed by atoms with Gasteiger partial charge in [0.25, 0.3) is 0 Å². The molecule has 0 aromatic rings. The summed E-state index contributed by atoms with van der Waals surface area (Å²) in [5, 5.41) is 0. The number of hydrogen-bond acceptors (Lipinski definition) is 3. The summed E-state index contributed by atoms with van der Waals surface area (Å²) < 4.78 is 20.0. The third kappa shape index (κ3) is 4.22. The van der Waals surface area contributed by atoms with Crippen molar-refractivity contribution in [3.05, 3.63) is 0 Å². The largest absolute Gasteiger partial charge is 0.735 e. The summed E-state index contributed by atoms with van der Waals surface area (Å²) in [4.78, 5) is 0. The molecule has 0 fully saturated rings. The van der Waals surface area contributed by atoms with Gasteiger partial charge in [-0.05, 0) is 13.1 Å². The van der Waals surface area contributed by atoms with Crippen LogP contribution in [0, 0.1) is 0 Å². The highest BCUT2D eigenvalue weighted by atomic mass is 28.4. The molecule has 0 radical (unpaired) electrons. The smallest absolute Gasteiger partial charge is 0.557 e. The minimum atomic E-state index is -2.02. The van der Waals surface area contributed by atoms with Crippen LogP contribution in [0.4, 0.5) is 0 Å². The zero-order valence-electron chi connectivity index (χ0n) is 5.14. The predicted octanol–water partition coefficient (Wildman–Crippen LogP) is -1.30. The van der Waals surface area contributed by atoms with Crippen LogP contribution in [0.15, 0.2) is 0 Å². The van der Waals surface area contributed by atoms with Gasteiger partial charge in [-0.15, -0.1) is 0 Å². The maximum absolute atomic E-state index is 10.5. The Bertz CT molecular complexity index is 66.9. The summed E-state index contributed by atoms with van der Waals surface area (Å²) in [5.41, 5.74) is 0. The van der Waals surface area contributed by atoms with Gasteiger partial charge in [0.05, 0.1) is 0 Å². The second-order valence-electron chi connectivity index (χ2n) is 1.12. The topological polar surface area (TPSA) is 35.5 Å². The van der Waals surface area contributed by atoms with Crippen molar-refractivity contribution in [2.24, 2.45) is 0 Å². The molecule has 0 heterocycles. The van der Waals surface area contributed by atoms with E-state index in [0.717, 1.165) is 0 Å². The van der Waals surface area contributed by atoms with Crippen molar-refractivity contribution in [1.82, 2.24) is 0 Å². The molecule has 0 unspecified atom stereocenters. The normalized spacial score (nSPS) is 11.2. The van der Waals surface area contributed by atoms with E-state index in [1.54, 1.807) is 0 Å². The number of rotatable bonds is 4. The van der Waals surface area contributed by atoms with E-state index >= 15 is 0 Å². The Morgan fingerprint density at radius 2 is 1.62 bits per heavy atom. The Hall–Kier alpha value is 0.0506. The lowest BCUT2D eigenvalue weighted by atomic mass is 11.9. The SMILES string of the molecule is C[SiH2]O[Si](=O)O[SiH2]C. The highest BCUT2D eigenvalue weighted by molar-refractivity contribution is 6.47. The summed E-state index contributed by atoms with van der Waals surface area (Å²) in [7, 11) is -3.07. The first kappa shape index (κ1) is 8.05. The minimum absolute atomic E-state index is 0.524. The average Bonchev–Trinajstić information content (AvgIpc) is 1.68. The quantitative estimate of drug-likeness (QED) is 0.487. The van der Waals surface area contributed by atoms with Crippen molar-refractivity contribution in [3.63, 3.8) is 0 Å². The van der Waals surface area contributed by atoms with Crippen LogP contribution in [0.3, 0.4) is 0 Å². The fourth-order valence-electron chi connectivity index (χ4n) is 0.277. The Morgan fingerprint density at radius 1 is 1.25 bits per heavy atom. The van der Waals surface area contributed by atoms with E-state index < -0.39 is 28.7 Å². The molecule has 0 N–H and O–H groups in total. The van der Waals surface area contributed by atoms with Crippen molar-refractivity contribution in [1.29, 1.82) is 0 Å². The van der Waals surface area contributed by atoms with E-state index in [-0.39, 0.29) is 0 Å². The molecule has 0 aromatic heterocycles. The van der Waals surface area contributed by atoms with E-state index in [2.05, 4.69) is 0 Å². The molecule has 0 aliphatic heterocycles. The van der Waals surface area contributed by atoms with E-state index in [1.807, 2.05) is 13.1 Å². The second-order valence-corrected chi connectivity index (χ2v) is 5.08. The van der Waals surface area contributed by atoms with Crippen molar-refractivity contribution in [2.75, 3.05) is 0 Å². The minimum Gasteiger partial charge on any atom is -0.557 e. The maximum Gasteiger partial charge on any atom is 0.735 e. The summed E-state index contributed by atoms with van der Waals surface area (Å²) in [6.07, 6.45) is 0. The molecule has 0 saturated carbocycles. The Kier molecular flexibility index (Phi) is 5.23. The average molecular weight is 166 g/mol. The van der Waals surface area contributed by atoms with Crippen LogP contribution < -0.4 is 0 Å². The highest BCUT2D eigenvalue weighted by Crippen LogP contribution is 1.72. The summed E-state index contributed by atoms with van der Waals surface area (Å²) in [6, 6.07) is 0. The van der Waals surface area contributed by atoms with Gasteiger partial charge in [-0.1, -0.05) is 0 Å². The van der Waals surface area contributed by atoms with Crippen molar-refractivity contribution in [2.45, 2.75) is 13.1 Å². The van der Waals surface area contributed by atoms with Crippen LogP contribution in [0.1, 0.15) is 0 Å².